The van der Waals surface area contributed by atoms with Crippen molar-refractivity contribution in [2.75, 3.05) is 30.4 Å². The van der Waals surface area contributed by atoms with Gasteiger partial charge in [0.25, 0.3) is 5.91 Å². The van der Waals surface area contributed by atoms with Crippen LogP contribution in [0.15, 0.2) is 35.2 Å². The lowest BCUT2D eigenvalue weighted by molar-refractivity contribution is -0.139. The minimum absolute atomic E-state index is 0.0627. The fourth-order valence-corrected chi connectivity index (χ4v) is 4.05. The Morgan fingerprint density at radius 2 is 1.81 bits per heavy atom. The zero-order chi connectivity index (χ0) is 23.5. The van der Waals surface area contributed by atoms with Crippen LogP contribution in [0.3, 0.4) is 0 Å². The maximum absolute atomic E-state index is 13.6. The minimum Gasteiger partial charge on any atom is -0.481 e. The molecule has 0 spiro atoms. The summed E-state index contributed by atoms with van der Waals surface area (Å²) in [6.45, 7) is 1.06. The van der Waals surface area contributed by atoms with Gasteiger partial charge in [0.1, 0.15) is 11.4 Å². The van der Waals surface area contributed by atoms with E-state index < -0.39 is 33.6 Å². The number of nitrogens with zero attached hydrogens (tertiary/aromatic N) is 2. The molecule has 0 aliphatic carbocycles. The lowest BCUT2D eigenvalue weighted by Crippen LogP contribution is -2.29. The monoisotopic (exact) mass is 472 g/mol. The molecule has 1 aromatic heterocycles. The molecule has 1 aromatic carbocycles. The van der Waals surface area contributed by atoms with Crippen LogP contribution in [0, 0.1) is 0 Å². The molecule has 2 aromatic rings. The molecule has 0 unspecified atom stereocenters. The molecule has 12 heteroatoms. The second-order valence-electron chi connectivity index (χ2n) is 7.34. The number of nitrogens with two attached hydrogens (primary N) is 1. The van der Waals surface area contributed by atoms with E-state index in [0.29, 0.717) is 19.2 Å². The first-order valence-electron chi connectivity index (χ1n) is 9.86. The van der Waals surface area contributed by atoms with Gasteiger partial charge in [-0.05, 0) is 37.1 Å². The summed E-state index contributed by atoms with van der Waals surface area (Å²) in [6, 6.07) is 5.84. The summed E-state index contributed by atoms with van der Waals surface area (Å²) < 4.78 is 68.8. The molecule has 3 N–H and O–H groups in total. The molecule has 8 nitrogen and oxygen atoms in total. The van der Waals surface area contributed by atoms with Crippen molar-refractivity contribution in [2.24, 2.45) is 5.14 Å². The molecule has 1 amide bonds. The van der Waals surface area contributed by atoms with Gasteiger partial charge in [-0.15, -0.1) is 0 Å². The Kier molecular flexibility index (Phi) is 6.94. The van der Waals surface area contributed by atoms with Crippen molar-refractivity contribution < 1.29 is 31.1 Å². The Hall–Kier alpha value is -2.86. The van der Waals surface area contributed by atoms with E-state index in [9.17, 15) is 26.4 Å². The average molecular weight is 472 g/mol. The number of methoxy groups -OCH3 is 1. The Morgan fingerprint density at radius 3 is 2.38 bits per heavy atom. The van der Waals surface area contributed by atoms with Gasteiger partial charge in [-0.3, -0.25) is 4.79 Å². The molecular formula is C20H23F3N4O4S. The summed E-state index contributed by atoms with van der Waals surface area (Å²) in [4.78, 5) is 18.6. The van der Waals surface area contributed by atoms with Gasteiger partial charge >= 0.3 is 6.18 Å². The van der Waals surface area contributed by atoms with Gasteiger partial charge in [0, 0.05) is 18.8 Å². The van der Waals surface area contributed by atoms with Gasteiger partial charge in [0.2, 0.25) is 15.9 Å². The highest BCUT2D eigenvalue weighted by atomic mass is 32.2. The number of benzene rings is 1. The molecule has 174 valence electrons. The van der Waals surface area contributed by atoms with Gasteiger partial charge in [0.15, 0.2) is 0 Å². The largest absolute Gasteiger partial charge is 0.481 e. The van der Waals surface area contributed by atoms with Crippen LogP contribution in [0.5, 0.6) is 5.88 Å². The molecular weight excluding hydrogens is 449 g/mol. The van der Waals surface area contributed by atoms with E-state index >= 15 is 0 Å². The molecule has 1 saturated heterocycles. The smallest absolute Gasteiger partial charge is 0.421 e. The summed E-state index contributed by atoms with van der Waals surface area (Å²) >= 11 is 0. The zero-order valence-corrected chi connectivity index (χ0v) is 18.1. The number of alkyl halides is 3. The third-order valence-corrected chi connectivity index (χ3v) is 5.95. The van der Waals surface area contributed by atoms with Gasteiger partial charge in [-0.2, -0.15) is 18.2 Å². The Bertz CT molecular complexity index is 1100. The molecule has 32 heavy (non-hydrogen) atoms. The lowest BCUT2D eigenvalue weighted by Gasteiger charge is -2.25. The lowest BCUT2D eigenvalue weighted by atomic mass is 10.1. The summed E-state index contributed by atoms with van der Waals surface area (Å²) in [5.41, 5.74) is -1.41. The number of primary sulfonamides is 1. The highest BCUT2D eigenvalue weighted by Crippen LogP contribution is 2.38. The van der Waals surface area contributed by atoms with E-state index in [4.69, 9.17) is 9.88 Å². The number of halogens is 3. The van der Waals surface area contributed by atoms with Crippen LogP contribution in [0.4, 0.5) is 24.7 Å². The summed E-state index contributed by atoms with van der Waals surface area (Å²) in [5, 5.41) is 7.56. The number of sulfonamides is 1. The van der Waals surface area contributed by atoms with E-state index in [0.717, 1.165) is 38.9 Å². The van der Waals surface area contributed by atoms with Gasteiger partial charge in [-0.25, -0.2) is 13.6 Å². The van der Waals surface area contributed by atoms with Crippen molar-refractivity contribution in [3.63, 3.8) is 0 Å². The first-order valence-corrected chi connectivity index (χ1v) is 11.4. The van der Waals surface area contributed by atoms with Gasteiger partial charge in [0.05, 0.1) is 17.6 Å². The summed E-state index contributed by atoms with van der Waals surface area (Å²) in [6.07, 6.45) is -1.24. The Morgan fingerprint density at radius 1 is 1.16 bits per heavy atom. The quantitative estimate of drug-likeness (QED) is 0.690. The van der Waals surface area contributed by atoms with E-state index in [2.05, 4.69) is 10.3 Å². The Balaban J connectivity index is 2.06. The van der Waals surface area contributed by atoms with E-state index in [-0.39, 0.29) is 22.0 Å². The van der Waals surface area contributed by atoms with Crippen LogP contribution < -0.4 is 20.1 Å². The number of carbonyl (C=O) groups is 1. The number of ether oxygens (including phenoxy) is 1. The molecule has 1 fully saturated rings. The highest BCUT2D eigenvalue weighted by molar-refractivity contribution is 7.89. The normalized spacial score (nSPS) is 15.2. The SMILES string of the molecule is COc1nc(N2CCCCCC2)c(C(=O)Nc2cccc(S(N)(=O)=O)c2)cc1C(F)(F)F. The van der Waals surface area contributed by atoms with Crippen molar-refractivity contribution in [2.45, 2.75) is 36.8 Å². The molecule has 1 aliphatic heterocycles. The fraction of sp³-hybridized carbons (Fsp3) is 0.400. The fourth-order valence-electron chi connectivity index (χ4n) is 3.49. The predicted octanol–water partition coefficient (Wildman–Crippen LogP) is 3.39. The minimum atomic E-state index is -4.79. The van der Waals surface area contributed by atoms with Crippen molar-refractivity contribution >= 4 is 27.4 Å². The maximum Gasteiger partial charge on any atom is 0.421 e. The molecule has 1 aliphatic rings. The van der Waals surface area contributed by atoms with Crippen molar-refractivity contribution in [3.05, 3.63) is 41.5 Å². The predicted molar refractivity (Wildman–Crippen MR) is 112 cm³/mol. The van der Waals surface area contributed by atoms with Gasteiger partial charge in [-0.1, -0.05) is 18.9 Å². The number of aromatic nitrogens is 1. The van der Waals surface area contributed by atoms with Crippen LogP contribution in [0.2, 0.25) is 0 Å². The molecule has 0 bridgehead atoms. The summed E-state index contributed by atoms with van der Waals surface area (Å²) in [5.74, 6) is -1.40. The number of pyridine rings is 1. The van der Waals surface area contributed by atoms with E-state index in [1.165, 1.54) is 18.2 Å². The van der Waals surface area contributed by atoms with Crippen molar-refractivity contribution in [3.8, 4) is 5.88 Å². The van der Waals surface area contributed by atoms with E-state index in [1.54, 1.807) is 4.90 Å². The number of nitrogens with one attached hydrogen (secondary N) is 1. The number of hydrogen-bond acceptors (Lipinski definition) is 6. The topological polar surface area (TPSA) is 115 Å². The second kappa shape index (κ2) is 9.33. The number of carbonyl (C=O) groups excluding carboxylic acids is 1. The van der Waals surface area contributed by atoms with Crippen molar-refractivity contribution in [1.29, 1.82) is 0 Å². The van der Waals surface area contributed by atoms with Crippen LogP contribution in [0.25, 0.3) is 0 Å². The highest BCUT2D eigenvalue weighted by Gasteiger charge is 2.38. The van der Waals surface area contributed by atoms with Crippen molar-refractivity contribution in [1.82, 2.24) is 4.98 Å². The summed E-state index contributed by atoms with van der Waals surface area (Å²) in [7, 11) is -2.94. The number of rotatable bonds is 5. The number of anilines is 2. The third-order valence-electron chi connectivity index (χ3n) is 5.04. The van der Waals surface area contributed by atoms with E-state index in [1.807, 2.05) is 0 Å². The first-order chi connectivity index (χ1) is 15.0. The standard InChI is InChI=1S/C20H23F3N4O4S/c1-31-19-16(20(21,22)23)12-15(17(26-19)27-9-4-2-3-5-10-27)18(28)25-13-7-6-8-14(11-13)32(24,29)30/h6-8,11-12H,2-5,9-10H2,1H3,(H,25,28)(H2,24,29,30). The molecule has 0 saturated carbocycles. The van der Waals surface area contributed by atoms with Crippen LogP contribution >= 0.6 is 0 Å². The van der Waals surface area contributed by atoms with Crippen LogP contribution in [-0.2, 0) is 16.2 Å². The van der Waals surface area contributed by atoms with Crippen LogP contribution in [-0.4, -0.2) is 39.5 Å². The number of amides is 1. The van der Waals surface area contributed by atoms with Crippen LogP contribution in [0.1, 0.15) is 41.6 Å². The Labute approximate surface area is 183 Å². The first kappa shape index (κ1) is 23.8. The maximum atomic E-state index is 13.6. The number of hydrogen-bond donors (Lipinski definition) is 2. The molecule has 3 rings (SSSR count). The molecule has 0 atom stereocenters. The second-order valence-corrected chi connectivity index (χ2v) is 8.90. The molecule has 2 heterocycles. The average Bonchev–Trinajstić information content (AvgIpc) is 3.01. The third kappa shape index (κ3) is 5.49. The van der Waals surface area contributed by atoms with Gasteiger partial charge < -0.3 is 15.0 Å². The zero-order valence-electron chi connectivity index (χ0n) is 17.3. The molecule has 0 radical (unpaired) electrons.